The van der Waals surface area contributed by atoms with Gasteiger partial charge in [-0.15, -0.1) is 0 Å². The van der Waals surface area contributed by atoms with Crippen molar-refractivity contribution in [2.75, 3.05) is 5.73 Å². The molecule has 0 radical (unpaired) electrons. The minimum atomic E-state index is -0.894. The number of halogens is 2. The number of nitrogens with zero attached hydrogens (tertiary/aromatic N) is 4. The van der Waals surface area contributed by atoms with Crippen molar-refractivity contribution in [2.24, 2.45) is 0 Å². The van der Waals surface area contributed by atoms with Gasteiger partial charge in [0.05, 0.1) is 22.1 Å². The number of hydrogen-bond donors (Lipinski definition) is 1. The Labute approximate surface area is 135 Å². The third kappa shape index (κ3) is 1.84. The zero-order chi connectivity index (χ0) is 16.4. The van der Waals surface area contributed by atoms with E-state index in [1.54, 1.807) is 12.4 Å². The Morgan fingerprint density at radius 1 is 1.00 bits per heavy atom. The highest BCUT2D eigenvalue weighted by atomic mass is 19.2. The average Bonchev–Trinajstić information content (AvgIpc) is 3.21. The standard InChI is InChI=1S/C17H13F2N5/c18-11-6-14-16(7-12(11)19)24(10-2-3-10)17(22-14)23-8-21-13-4-1-9(20)5-15(13)23/h1,4-8,10H,2-3,20H2. The van der Waals surface area contributed by atoms with Crippen molar-refractivity contribution in [1.29, 1.82) is 0 Å². The van der Waals surface area contributed by atoms with Crippen molar-refractivity contribution in [2.45, 2.75) is 18.9 Å². The SMILES string of the molecule is Nc1ccc2ncn(-c3nc4cc(F)c(F)cc4n3C3CC3)c2c1. The molecule has 0 spiro atoms. The second kappa shape index (κ2) is 4.53. The van der Waals surface area contributed by atoms with Gasteiger partial charge in [0, 0.05) is 23.9 Å². The Balaban J connectivity index is 1.85. The van der Waals surface area contributed by atoms with Crippen LogP contribution in [0.15, 0.2) is 36.7 Å². The minimum absolute atomic E-state index is 0.244. The van der Waals surface area contributed by atoms with Gasteiger partial charge >= 0.3 is 0 Å². The van der Waals surface area contributed by atoms with E-state index < -0.39 is 11.6 Å². The maximum Gasteiger partial charge on any atom is 0.216 e. The van der Waals surface area contributed by atoms with Gasteiger partial charge in [0.25, 0.3) is 0 Å². The molecule has 2 heterocycles. The van der Waals surface area contributed by atoms with Gasteiger partial charge < -0.3 is 10.3 Å². The first-order chi connectivity index (χ1) is 11.6. The van der Waals surface area contributed by atoms with Crippen LogP contribution in [0.25, 0.3) is 28.0 Å². The lowest BCUT2D eigenvalue weighted by Gasteiger charge is -2.09. The largest absolute Gasteiger partial charge is 0.399 e. The van der Waals surface area contributed by atoms with E-state index in [1.807, 2.05) is 21.3 Å². The molecule has 120 valence electrons. The van der Waals surface area contributed by atoms with E-state index >= 15 is 0 Å². The summed E-state index contributed by atoms with van der Waals surface area (Å²) < 4.78 is 31.1. The van der Waals surface area contributed by atoms with Crippen LogP contribution in [0.2, 0.25) is 0 Å². The lowest BCUT2D eigenvalue weighted by atomic mass is 10.3. The second-order valence-electron chi connectivity index (χ2n) is 6.13. The molecule has 1 aliphatic rings. The van der Waals surface area contributed by atoms with E-state index in [0.717, 1.165) is 29.9 Å². The summed E-state index contributed by atoms with van der Waals surface area (Å²) in [7, 11) is 0. The van der Waals surface area contributed by atoms with Crippen LogP contribution in [-0.4, -0.2) is 19.1 Å². The van der Waals surface area contributed by atoms with Gasteiger partial charge in [-0.25, -0.2) is 18.7 Å². The van der Waals surface area contributed by atoms with E-state index in [9.17, 15) is 8.78 Å². The first-order valence-electron chi connectivity index (χ1n) is 7.72. The lowest BCUT2D eigenvalue weighted by molar-refractivity contribution is 0.510. The number of anilines is 1. The molecule has 2 aromatic carbocycles. The fourth-order valence-corrected chi connectivity index (χ4v) is 3.12. The molecule has 5 nitrogen and oxygen atoms in total. The summed E-state index contributed by atoms with van der Waals surface area (Å²) in [5.41, 5.74) is 9.14. The highest BCUT2D eigenvalue weighted by molar-refractivity contribution is 5.82. The van der Waals surface area contributed by atoms with Gasteiger partial charge in [-0.2, -0.15) is 0 Å². The lowest BCUT2D eigenvalue weighted by Crippen LogP contribution is -2.05. The molecule has 4 aromatic rings. The molecule has 0 aliphatic heterocycles. The van der Waals surface area contributed by atoms with Gasteiger partial charge in [0.15, 0.2) is 11.6 Å². The minimum Gasteiger partial charge on any atom is -0.399 e. The summed E-state index contributed by atoms with van der Waals surface area (Å²) in [5, 5.41) is 0. The Kier molecular flexibility index (Phi) is 2.54. The predicted molar refractivity (Wildman–Crippen MR) is 87.0 cm³/mol. The molecule has 0 amide bonds. The Morgan fingerprint density at radius 3 is 2.58 bits per heavy atom. The summed E-state index contributed by atoms with van der Waals surface area (Å²) in [6.07, 6.45) is 3.65. The summed E-state index contributed by atoms with van der Waals surface area (Å²) >= 11 is 0. The first kappa shape index (κ1) is 13.5. The normalized spacial score (nSPS) is 14.8. The van der Waals surface area contributed by atoms with Crippen LogP contribution < -0.4 is 5.73 Å². The number of benzene rings is 2. The molecule has 1 aliphatic carbocycles. The summed E-state index contributed by atoms with van der Waals surface area (Å²) in [6.45, 7) is 0. The number of fused-ring (bicyclic) bond motifs is 2. The summed E-state index contributed by atoms with van der Waals surface area (Å²) in [5.74, 6) is -1.16. The van der Waals surface area contributed by atoms with Crippen LogP contribution in [-0.2, 0) is 0 Å². The maximum atomic E-state index is 13.7. The molecule has 0 saturated heterocycles. The Bertz CT molecular complexity index is 1110. The molecular weight excluding hydrogens is 312 g/mol. The van der Waals surface area contributed by atoms with Crippen molar-refractivity contribution >= 4 is 27.8 Å². The predicted octanol–water partition coefficient (Wildman–Crippen LogP) is 3.57. The van der Waals surface area contributed by atoms with E-state index in [0.29, 0.717) is 22.7 Å². The molecule has 0 atom stereocenters. The molecule has 5 rings (SSSR count). The van der Waals surface area contributed by atoms with Gasteiger partial charge in [-0.05, 0) is 31.0 Å². The van der Waals surface area contributed by atoms with E-state index in [-0.39, 0.29) is 6.04 Å². The van der Waals surface area contributed by atoms with Crippen molar-refractivity contribution in [1.82, 2.24) is 19.1 Å². The number of aromatic nitrogens is 4. The van der Waals surface area contributed by atoms with E-state index in [1.165, 1.54) is 6.07 Å². The summed E-state index contributed by atoms with van der Waals surface area (Å²) in [4.78, 5) is 8.90. The van der Waals surface area contributed by atoms with Gasteiger partial charge in [0.1, 0.15) is 6.33 Å². The van der Waals surface area contributed by atoms with Gasteiger partial charge in [0.2, 0.25) is 5.95 Å². The van der Waals surface area contributed by atoms with Crippen LogP contribution in [0.4, 0.5) is 14.5 Å². The second-order valence-corrected chi connectivity index (χ2v) is 6.13. The van der Waals surface area contributed by atoms with Crippen LogP contribution in [0.3, 0.4) is 0 Å². The maximum absolute atomic E-state index is 13.7. The van der Waals surface area contributed by atoms with Gasteiger partial charge in [-0.1, -0.05) is 0 Å². The molecule has 0 bridgehead atoms. The zero-order valence-corrected chi connectivity index (χ0v) is 12.6. The monoisotopic (exact) mass is 325 g/mol. The van der Waals surface area contributed by atoms with Crippen molar-refractivity contribution in [3.8, 4) is 5.95 Å². The molecular formula is C17H13F2N5. The highest BCUT2D eigenvalue weighted by Gasteiger charge is 2.30. The Morgan fingerprint density at radius 2 is 1.79 bits per heavy atom. The van der Waals surface area contributed by atoms with Crippen LogP contribution in [0.5, 0.6) is 0 Å². The molecule has 1 fully saturated rings. The zero-order valence-electron chi connectivity index (χ0n) is 12.6. The molecule has 0 unspecified atom stereocenters. The topological polar surface area (TPSA) is 61.7 Å². The molecule has 2 aromatic heterocycles. The van der Waals surface area contributed by atoms with E-state index in [2.05, 4.69) is 9.97 Å². The number of hydrogen-bond acceptors (Lipinski definition) is 3. The highest BCUT2D eigenvalue weighted by Crippen LogP contribution is 2.40. The summed E-state index contributed by atoms with van der Waals surface area (Å²) in [6, 6.07) is 8.04. The molecule has 1 saturated carbocycles. The Hall–Kier alpha value is -2.96. The van der Waals surface area contributed by atoms with E-state index in [4.69, 9.17) is 5.73 Å². The smallest absolute Gasteiger partial charge is 0.216 e. The van der Waals surface area contributed by atoms with Crippen molar-refractivity contribution in [3.63, 3.8) is 0 Å². The van der Waals surface area contributed by atoms with Crippen LogP contribution >= 0.6 is 0 Å². The van der Waals surface area contributed by atoms with Crippen molar-refractivity contribution < 1.29 is 8.78 Å². The fourth-order valence-electron chi connectivity index (χ4n) is 3.12. The number of nitrogen functional groups attached to an aromatic ring is 1. The third-order valence-corrected chi connectivity index (χ3v) is 4.41. The fraction of sp³-hybridized carbons (Fsp3) is 0.176. The molecule has 7 heteroatoms. The number of rotatable bonds is 2. The average molecular weight is 325 g/mol. The van der Waals surface area contributed by atoms with Crippen molar-refractivity contribution in [3.05, 3.63) is 48.3 Å². The quantitative estimate of drug-likeness (QED) is 0.573. The third-order valence-electron chi connectivity index (χ3n) is 4.41. The first-order valence-corrected chi connectivity index (χ1v) is 7.72. The number of imidazole rings is 2. The number of nitrogens with two attached hydrogens (primary N) is 1. The molecule has 24 heavy (non-hydrogen) atoms. The van der Waals surface area contributed by atoms with Gasteiger partial charge in [-0.3, -0.25) is 4.57 Å². The molecule has 2 N–H and O–H groups in total. The van der Waals surface area contributed by atoms with Crippen LogP contribution in [0, 0.1) is 11.6 Å². The van der Waals surface area contributed by atoms with Crippen LogP contribution in [0.1, 0.15) is 18.9 Å².